The summed E-state index contributed by atoms with van der Waals surface area (Å²) >= 11 is 0. The smallest absolute Gasteiger partial charge is 0.118 e. The predicted molar refractivity (Wildman–Crippen MR) is 136 cm³/mol. The van der Waals surface area contributed by atoms with Crippen molar-refractivity contribution in [2.24, 2.45) is 0 Å². The molecule has 2 aromatic rings. The maximum absolute atomic E-state index is 9.56. The molecule has 0 spiro atoms. The summed E-state index contributed by atoms with van der Waals surface area (Å²) in [5, 5.41) is 18.9. The van der Waals surface area contributed by atoms with Gasteiger partial charge in [0.2, 0.25) is 0 Å². The minimum absolute atomic E-state index is 0.297. The van der Waals surface area contributed by atoms with Crippen LogP contribution in [-0.4, -0.2) is 21.7 Å². The van der Waals surface area contributed by atoms with Crippen LogP contribution in [0.5, 0.6) is 11.5 Å². The zero-order valence-corrected chi connectivity index (χ0v) is 21.0. The topological polar surface area (TPSA) is 43.7 Å². The van der Waals surface area contributed by atoms with Crippen LogP contribution in [0, 0.1) is 6.92 Å². The molecule has 0 aliphatic rings. The molecule has 0 atom stereocenters. The van der Waals surface area contributed by atoms with E-state index in [-0.39, 0.29) is 0 Å². The molecule has 31 heavy (non-hydrogen) atoms. The van der Waals surface area contributed by atoms with Crippen LogP contribution in [0.25, 0.3) is 0 Å². The highest BCUT2D eigenvalue weighted by Gasteiger charge is 2.06. The summed E-state index contributed by atoms with van der Waals surface area (Å²) in [6.07, 6.45) is 9.74. The van der Waals surface area contributed by atoms with Crippen LogP contribution in [-0.2, 0) is 13.1 Å². The molecule has 0 aliphatic heterocycles. The summed E-state index contributed by atoms with van der Waals surface area (Å²) < 4.78 is 0. The third-order valence-electron chi connectivity index (χ3n) is 4.91. The molecule has 0 aromatic heterocycles. The van der Waals surface area contributed by atoms with Gasteiger partial charge < -0.3 is 10.2 Å². The third-order valence-corrected chi connectivity index (χ3v) is 4.91. The van der Waals surface area contributed by atoms with Crippen molar-refractivity contribution >= 4 is 0 Å². The van der Waals surface area contributed by atoms with Gasteiger partial charge in [0.15, 0.2) is 0 Å². The Bertz CT molecular complexity index is 661. The van der Waals surface area contributed by atoms with Gasteiger partial charge >= 0.3 is 0 Å². The number of hydrogen-bond donors (Lipinski definition) is 2. The molecule has 3 nitrogen and oxygen atoms in total. The van der Waals surface area contributed by atoms with Gasteiger partial charge in [-0.05, 0) is 48.4 Å². The Morgan fingerprint density at radius 1 is 0.677 bits per heavy atom. The van der Waals surface area contributed by atoms with Gasteiger partial charge in [0, 0.05) is 13.1 Å². The first-order valence-corrected chi connectivity index (χ1v) is 12.2. The molecule has 0 saturated heterocycles. The van der Waals surface area contributed by atoms with Crippen molar-refractivity contribution in [3.05, 3.63) is 59.2 Å². The molecule has 0 aliphatic carbocycles. The number of benzene rings is 2. The first-order chi connectivity index (χ1) is 14.9. The second-order valence-electron chi connectivity index (χ2n) is 8.21. The predicted octanol–water partition coefficient (Wildman–Crippen LogP) is 8.21. The van der Waals surface area contributed by atoms with Gasteiger partial charge in [0.05, 0.1) is 0 Å². The highest BCUT2D eigenvalue weighted by Crippen LogP contribution is 2.19. The number of hydrogen-bond acceptors (Lipinski definition) is 3. The normalized spacial score (nSPS) is 10.2. The molecule has 3 heteroatoms. The lowest BCUT2D eigenvalue weighted by atomic mass is 10.1. The van der Waals surface area contributed by atoms with Gasteiger partial charge in [0.25, 0.3) is 0 Å². The van der Waals surface area contributed by atoms with Crippen LogP contribution in [0.1, 0.15) is 96.3 Å². The molecular formula is C28H47NO2. The SMILES string of the molecule is CCC.CCCCCCCC.CCN(Cc1ccc(O)cc1)Cc1ccc(O)c(C)c1. The van der Waals surface area contributed by atoms with Crippen molar-refractivity contribution in [1.29, 1.82) is 0 Å². The Hall–Kier alpha value is -2.00. The fourth-order valence-corrected chi connectivity index (χ4v) is 3.07. The van der Waals surface area contributed by atoms with E-state index >= 15 is 0 Å². The van der Waals surface area contributed by atoms with Gasteiger partial charge in [-0.1, -0.05) is 104 Å². The summed E-state index contributed by atoms with van der Waals surface area (Å²) in [7, 11) is 0. The molecule has 0 bridgehead atoms. The fraction of sp³-hybridized carbons (Fsp3) is 0.571. The molecule has 176 valence electrons. The fourth-order valence-electron chi connectivity index (χ4n) is 3.07. The standard InChI is InChI=1S/C17H21NO2.C8H18.C3H8/c1-3-18(11-14-4-7-16(19)8-5-14)12-15-6-9-17(20)13(2)10-15;1-3-5-7-8-6-4-2;1-3-2/h4-10,19-20H,3,11-12H2,1-2H3;3-8H2,1-2H3;3H2,1-2H3. The lowest BCUT2D eigenvalue weighted by Gasteiger charge is -2.21. The molecule has 0 unspecified atom stereocenters. The number of unbranched alkanes of at least 4 members (excludes halogenated alkanes) is 5. The van der Waals surface area contributed by atoms with E-state index in [0.717, 1.165) is 25.2 Å². The number of aryl methyl sites for hydroxylation is 1. The van der Waals surface area contributed by atoms with E-state index in [1.165, 1.54) is 56.1 Å². The van der Waals surface area contributed by atoms with Crippen molar-refractivity contribution in [1.82, 2.24) is 4.90 Å². The number of rotatable bonds is 10. The summed E-state index contributed by atoms with van der Waals surface area (Å²) in [5.74, 6) is 0.640. The Balaban J connectivity index is 0.000000685. The van der Waals surface area contributed by atoms with Crippen molar-refractivity contribution in [3.8, 4) is 11.5 Å². The van der Waals surface area contributed by atoms with Crippen molar-refractivity contribution < 1.29 is 10.2 Å². The van der Waals surface area contributed by atoms with Crippen molar-refractivity contribution in [2.45, 2.75) is 99.6 Å². The van der Waals surface area contributed by atoms with E-state index in [9.17, 15) is 10.2 Å². The van der Waals surface area contributed by atoms with Crippen molar-refractivity contribution in [2.75, 3.05) is 6.54 Å². The molecule has 2 aromatic carbocycles. The van der Waals surface area contributed by atoms with E-state index in [0.29, 0.717) is 11.5 Å². The van der Waals surface area contributed by atoms with Gasteiger partial charge in [-0.3, -0.25) is 4.90 Å². The quantitative estimate of drug-likeness (QED) is 0.374. The molecule has 2 N–H and O–H groups in total. The molecule has 0 fully saturated rings. The van der Waals surface area contributed by atoms with Crippen LogP contribution < -0.4 is 0 Å². The Morgan fingerprint density at radius 3 is 1.61 bits per heavy atom. The van der Waals surface area contributed by atoms with E-state index in [1.807, 2.05) is 31.2 Å². The van der Waals surface area contributed by atoms with E-state index < -0.39 is 0 Å². The third kappa shape index (κ3) is 14.6. The second-order valence-corrected chi connectivity index (χ2v) is 8.21. The minimum atomic E-state index is 0.297. The molecule has 0 amide bonds. The van der Waals surface area contributed by atoms with Crippen molar-refractivity contribution in [3.63, 3.8) is 0 Å². The maximum Gasteiger partial charge on any atom is 0.118 e. The largest absolute Gasteiger partial charge is 0.508 e. The van der Waals surface area contributed by atoms with Crippen LogP contribution in [0.4, 0.5) is 0 Å². The van der Waals surface area contributed by atoms with Crippen LogP contribution in [0.15, 0.2) is 42.5 Å². The zero-order chi connectivity index (χ0) is 23.5. The summed E-state index contributed by atoms with van der Waals surface area (Å²) in [5.41, 5.74) is 3.28. The van der Waals surface area contributed by atoms with Crippen LogP contribution in [0.3, 0.4) is 0 Å². The summed E-state index contributed by atoms with van der Waals surface area (Å²) in [6.45, 7) is 15.4. The number of phenolic OH excluding ortho intramolecular Hbond substituents is 2. The van der Waals surface area contributed by atoms with Gasteiger partial charge in [0.1, 0.15) is 11.5 Å². The highest BCUT2D eigenvalue weighted by atomic mass is 16.3. The molecular weight excluding hydrogens is 382 g/mol. The summed E-state index contributed by atoms with van der Waals surface area (Å²) in [6, 6.07) is 13.1. The number of aromatic hydroxyl groups is 2. The average Bonchev–Trinajstić information content (AvgIpc) is 2.76. The minimum Gasteiger partial charge on any atom is -0.508 e. The Morgan fingerprint density at radius 2 is 1.16 bits per heavy atom. The van der Waals surface area contributed by atoms with E-state index in [2.05, 4.69) is 39.5 Å². The molecule has 0 heterocycles. The Kier molecular flexibility index (Phi) is 17.5. The lowest BCUT2D eigenvalue weighted by Crippen LogP contribution is -2.22. The second kappa shape index (κ2) is 18.7. The first-order valence-electron chi connectivity index (χ1n) is 12.2. The van der Waals surface area contributed by atoms with Crippen LogP contribution in [0.2, 0.25) is 0 Å². The number of phenols is 2. The average molecular weight is 430 g/mol. The van der Waals surface area contributed by atoms with Gasteiger partial charge in [-0.25, -0.2) is 0 Å². The molecule has 0 radical (unpaired) electrons. The van der Waals surface area contributed by atoms with Crippen LogP contribution >= 0.6 is 0 Å². The van der Waals surface area contributed by atoms with Gasteiger partial charge in [-0.2, -0.15) is 0 Å². The zero-order valence-electron chi connectivity index (χ0n) is 21.0. The first kappa shape index (κ1) is 29.0. The van der Waals surface area contributed by atoms with E-state index in [1.54, 1.807) is 18.2 Å². The summed E-state index contributed by atoms with van der Waals surface area (Å²) in [4.78, 5) is 2.32. The molecule has 0 saturated carbocycles. The monoisotopic (exact) mass is 429 g/mol. The van der Waals surface area contributed by atoms with Gasteiger partial charge in [-0.15, -0.1) is 0 Å². The highest BCUT2D eigenvalue weighted by molar-refractivity contribution is 5.35. The molecule has 2 rings (SSSR count). The Labute approximate surface area is 192 Å². The maximum atomic E-state index is 9.56. The number of nitrogens with zero attached hydrogens (tertiary/aromatic N) is 1. The lowest BCUT2D eigenvalue weighted by molar-refractivity contribution is 0.271. The van der Waals surface area contributed by atoms with E-state index in [4.69, 9.17) is 0 Å².